The van der Waals surface area contributed by atoms with Gasteiger partial charge in [-0.25, -0.2) is 4.79 Å². The van der Waals surface area contributed by atoms with Gasteiger partial charge in [-0.15, -0.1) is 0 Å². The fraction of sp³-hybridized carbons (Fsp3) is 0.346. The van der Waals surface area contributed by atoms with Crippen LogP contribution in [0.4, 0.5) is 0 Å². The van der Waals surface area contributed by atoms with Gasteiger partial charge in [-0.3, -0.25) is 13.9 Å². The van der Waals surface area contributed by atoms with Gasteiger partial charge in [-0.05, 0) is 55.9 Å². The molecule has 1 saturated heterocycles. The summed E-state index contributed by atoms with van der Waals surface area (Å²) in [7, 11) is 0. The van der Waals surface area contributed by atoms with Crippen LogP contribution in [0.3, 0.4) is 0 Å². The van der Waals surface area contributed by atoms with E-state index in [0.29, 0.717) is 24.5 Å². The Hall–Kier alpha value is -3.65. The molecule has 2 aromatic heterocycles. The van der Waals surface area contributed by atoms with Gasteiger partial charge in [0.1, 0.15) is 12.3 Å². The molecule has 1 aliphatic heterocycles. The Bertz CT molecular complexity index is 1370. The highest BCUT2D eigenvalue weighted by atomic mass is 16.5. The van der Waals surface area contributed by atoms with E-state index in [4.69, 9.17) is 15.0 Å². The van der Waals surface area contributed by atoms with Gasteiger partial charge in [0.15, 0.2) is 0 Å². The third-order valence-corrected chi connectivity index (χ3v) is 6.73. The van der Waals surface area contributed by atoms with Gasteiger partial charge >= 0.3 is 5.69 Å². The second-order valence-electron chi connectivity index (χ2n) is 8.91. The minimum atomic E-state index is -0.557. The first-order valence-electron chi connectivity index (χ1n) is 11.5. The number of hydrogen-bond acceptors (Lipinski definition) is 5. The Labute approximate surface area is 196 Å². The van der Waals surface area contributed by atoms with Crippen molar-refractivity contribution in [3.05, 3.63) is 76.0 Å². The average molecular weight is 461 g/mol. The molecule has 3 heterocycles. The lowest BCUT2D eigenvalue weighted by atomic mass is 9.86. The number of benzene rings is 2. The number of carbonyl (C=O) groups excluding carboxylic acids is 1. The standard InChI is InChI=1S/C26H28N4O4/c1-16-24(17(2)34-28-16)20-8-9-21-22(14-20)30(26(32)29(21)15-23(27)31)25(18-6-4-3-5-7-18)19-10-12-33-13-11-19/h3-9,14,19,25H,10-13,15H2,1-2H3,(H2,27,31)/t25-/m1/s1. The first kappa shape index (κ1) is 22.2. The number of aromatic nitrogens is 3. The number of nitrogens with zero attached hydrogens (tertiary/aromatic N) is 3. The summed E-state index contributed by atoms with van der Waals surface area (Å²) in [6, 6.07) is 15.7. The molecule has 0 radical (unpaired) electrons. The first-order chi connectivity index (χ1) is 16.5. The number of hydrogen-bond donors (Lipinski definition) is 1. The first-order valence-corrected chi connectivity index (χ1v) is 11.5. The van der Waals surface area contributed by atoms with Gasteiger partial charge in [0.05, 0.1) is 22.8 Å². The Kier molecular flexibility index (Phi) is 5.83. The van der Waals surface area contributed by atoms with Crippen LogP contribution in [-0.2, 0) is 16.1 Å². The van der Waals surface area contributed by atoms with Gasteiger partial charge in [-0.2, -0.15) is 0 Å². The summed E-state index contributed by atoms with van der Waals surface area (Å²) in [4.78, 5) is 25.7. The van der Waals surface area contributed by atoms with Gasteiger partial charge in [0.25, 0.3) is 0 Å². The van der Waals surface area contributed by atoms with Crippen molar-refractivity contribution in [2.45, 2.75) is 39.3 Å². The lowest BCUT2D eigenvalue weighted by Crippen LogP contribution is -2.35. The van der Waals surface area contributed by atoms with E-state index in [0.717, 1.165) is 40.7 Å². The monoisotopic (exact) mass is 460 g/mol. The highest BCUT2D eigenvalue weighted by Gasteiger charge is 2.31. The molecule has 0 aliphatic carbocycles. The van der Waals surface area contributed by atoms with Crippen molar-refractivity contribution in [2.75, 3.05) is 13.2 Å². The average Bonchev–Trinajstić information content (AvgIpc) is 3.31. The van der Waals surface area contributed by atoms with E-state index in [1.54, 1.807) is 0 Å². The predicted molar refractivity (Wildman–Crippen MR) is 128 cm³/mol. The summed E-state index contributed by atoms with van der Waals surface area (Å²) >= 11 is 0. The SMILES string of the molecule is Cc1noc(C)c1-c1ccc2c(c1)n([C@H](c1ccccc1)C1CCOCC1)c(=O)n2CC(N)=O. The zero-order chi connectivity index (χ0) is 23.8. The third kappa shape index (κ3) is 3.84. The summed E-state index contributed by atoms with van der Waals surface area (Å²) in [5, 5.41) is 4.09. The van der Waals surface area contributed by atoms with Crippen LogP contribution in [0.25, 0.3) is 22.2 Å². The van der Waals surface area contributed by atoms with E-state index in [1.807, 2.05) is 54.8 Å². The van der Waals surface area contributed by atoms with Crippen molar-refractivity contribution in [3.8, 4) is 11.1 Å². The third-order valence-electron chi connectivity index (χ3n) is 6.73. The minimum absolute atomic E-state index is 0.178. The zero-order valence-corrected chi connectivity index (χ0v) is 19.4. The second-order valence-corrected chi connectivity index (χ2v) is 8.91. The summed E-state index contributed by atoms with van der Waals surface area (Å²) in [6.45, 7) is 4.91. The number of rotatable bonds is 6. The molecule has 1 fully saturated rings. The maximum atomic E-state index is 13.9. The van der Waals surface area contributed by atoms with Crippen LogP contribution >= 0.6 is 0 Å². The molecule has 1 amide bonds. The molecule has 5 rings (SSSR count). The van der Waals surface area contributed by atoms with E-state index in [-0.39, 0.29) is 24.2 Å². The molecule has 0 unspecified atom stereocenters. The molecule has 8 nitrogen and oxygen atoms in total. The molecule has 2 N–H and O–H groups in total. The number of carbonyl (C=O) groups is 1. The number of nitrogens with two attached hydrogens (primary N) is 1. The molecule has 176 valence electrons. The zero-order valence-electron chi connectivity index (χ0n) is 19.4. The molecule has 8 heteroatoms. The van der Waals surface area contributed by atoms with Gasteiger partial charge < -0.3 is 15.0 Å². The normalized spacial score (nSPS) is 15.6. The molecule has 1 atom stereocenters. The number of ether oxygens (including phenoxy) is 1. The number of fused-ring (bicyclic) bond motifs is 1. The van der Waals surface area contributed by atoms with E-state index in [1.165, 1.54) is 4.57 Å². The van der Waals surface area contributed by atoms with E-state index in [9.17, 15) is 9.59 Å². The molecule has 0 bridgehead atoms. The summed E-state index contributed by atoms with van der Waals surface area (Å²) in [5.74, 6) is 0.369. The Morgan fingerprint density at radius 1 is 1.12 bits per heavy atom. The Morgan fingerprint density at radius 2 is 1.85 bits per heavy atom. The van der Waals surface area contributed by atoms with Crippen LogP contribution in [0.5, 0.6) is 0 Å². The second kappa shape index (κ2) is 8.95. The molecule has 1 aliphatic rings. The van der Waals surface area contributed by atoms with E-state index in [2.05, 4.69) is 17.3 Å². The Morgan fingerprint density at radius 3 is 2.50 bits per heavy atom. The van der Waals surface area contributed by atoms with E-state index >= 15 is 0 Å². The van der Waals surface area contributed by atoms with E-state index < -0.39 is 5.91 Å². The molecule has 2 aromatic carbocycles. The fourth-order valence-electron chi connectivity index (χ4n) is 5.22. The fourth-order valence-corrected chi connectivity index (χ4v) is 5.22. The van der Waals surface area contributed by atoms with Crippen molar-refractivity contribution in [1.29, 1.82) is 0 Å². The molecular weight excluding hydrogens is 432 g/mol. The number of amides is 1. The highest BCUT2D eigenvalue weighted by molar-refractivity contribution is 5.85. The summed E-state index contributed by atoms with van der Waals surface area (Å²) in [6.07, 6.45) is 1.69. The molecule has 4 aromatic rings. The summed E-state index contributed by atoms with van der Waals surface area (Å²) in [5.41, 5.74) is 10.4. The summed E-state index contributed by atoms with van der Waals surface area (Å²) < 4.78 is 14.3. The van der Waals surface area contributed by atoms with Crippen molar-refractivity contribution in [3.63, 3.8) is 0 Å². The minimum Gasteiger partial charge on any atom is -0.381 e. The molecule has 0 saturated carbocycles. The van der Waals surface area contributed by atoms with Crippen LogP contribution in [0.2, 0.25) is 0 Å². The lowest BCUT2D eigenvalue weighted by Gasteiger charge is -2.31. The van der Waals surface area contributed by atoms with Crippen molar-refractivity contribution in [1.82, 2.24) is 14.3 Å². The van der Waals surface area contributed by atoms with Crippen LogP contribution < -0.4 is 11.4 Å². The number of primary amides is 1. The van der Waals surface area contributed by atoms with Crippen molar-refractivity contribution < 1.29 is 14.1 Å². The van der Waals surface area contributed by atoms with Crippen LogP contribution in [0.15, 0.2) is 57.8 Å². The van der Waals surface area contributed by atoms with Gasteiger partial charge in [-0.1, -0.05) is 41.6 Å². The largest absolute Gasteiger partial charge is 0.381 e. The van der Waals surface area contributed by atoms with Gasteiger partial charge in [0, 0.05) is 18.8 Å². The maximum absolute atomic E-state index is 13.9. The Balaban J connectivity index is 1.79. The lowest BCUT2D eigenvalue weighted by molar-refractivity contribution is -0.118. The van der Waals surface area contributed by atoms with Crippen LogP contribution in [0, 0.1) is 19.8 Å². The van der Waals surface area contributed by atoms with Crippen LogP contribution in [0.1, 0.15) is 35.9 Å². The van der Waals surface area contributed by atoms with Crippen molar-refractivity contribution in [2.24, 2.45) is 11.7 Å². The topological polar surface area (TPSA) is 105 Å². The molecule has 0 spiro atoms. The maximum Gasteiger partial charge on any atom is 0.330 e. The van der Waals surface area contributed by atoms with Crippen molar-refractivity contribution >= 4 is 16.9 Å². The number of aryl methyl sites for hydroxylation is 2. The predicted octanol–water partition coefficient (Wildman–Crippen LogP) is 3.58. The molecule has 34 heavy (non-hydrogen) atoms. The van der Waals surface area contributed by atoms with Crippen LogP contribution in [-0.4, -0.2) is 33.4 Å². The molecular formula is C26H28N4O4. The van der Waals surface area contributed by atoms with Gasteiger partial charge in [0.2, 0.25) is 5.91 Å². The quantitative estimate of drug-likeness (QED) is 0.474. The smallest absolute Gasteiger partial charge is 0.330 e. The number of imidazole rings is 1. The highest BCUT2D eigenvalue weighted by Crippen LogP contribution is 2.36.